The largest absolute Gasteiger partial charge is 1.00 e. The van der Waals surface area contributed by atoms with Crippen molar-refractivity contribution >= 4 is 50.7 Å². The molecule has 5 rings (SSSR count). The Hall–Kier alpha value is -2.97. The fraction of sp³-hybridized carbons (Fsp3) is 0.143. The summed E-state index contributed by atoms with van der Waals surface area (Å²) in [4.78, 5) is 16.6. The number of rotatable bonds is 6. The Balaban J connectivity index is 0.00000253. The van der Waals surface area contributed by atoms with E-state index in [0.29, 0.717) is 28.0 Å². The van der Waals surface area contributed by atoms with E-state index in [1.807, 2.05) is 6.07 Å². The van der Waals surface area contributed by atoms with Crippen LogP contribution in [0.3, 0.4) is 0 Å². The van der Waals surface area contributed by atoms with Crippen molar-refractivity contribution in [2.24, 2.45) is 0 Å². The summed E-state index contributed by atoms with van der Waals surface area (Å²) in [5, 5.41) is -0.137. The molecule has 0 spiro atoms. The Morgan fingerprint density at radius 2 is 1.76 bits per heavy atom. The second-order valence-corrected chi connectivity index (χ2v) is 11.7. The number of sulfonamides is 1. The Kier molecular flexibility index (Phi) is 9.68. The number of nitrogens with zero attached hydrogens (tertiary/aromatic N) is 1. The maximum Gasteiger partial charge on any atom is 1.00 e. The van der Waals surface area contributed by atoms with Gasteiger partial charge in [0.25, 0.3) is 0 Å². The molecule has 0 saturated carbocycles. The number of carbonyl (C=O) groups excluding carboxylic acids is 1. The molecule has 2 heterocycles. The zero-order valence-electron chi connectivity index (χ0n) is 22.8. The normalized spacial score (nSPS) is 14.8. The van der Waals surface area contributed by atoms with Crippen LogP contribution < -0.4 is 39.0 Å². The molecule has 0 aliphatic carbocycles. The second kappa shape index (κ2) is 12.7. The zero-order valence-corrected chi connectivity index (χ0v) is 25.4. The van der Waals surface area contributed by atoms with E-state index in [1.54, 1.807) is 60.7 Å². The summed E-state index contributed by atoms with van der Waals surface area (Å²) < 4.78 is 95.1. The minimum absolute atomic E-state index is 0. The number of thioether (sulfide) groups is 1. The number of nitrogens with one attached hydrogen (secondary N) is 1. The van der Waals surface area contributed by atoms with E-state index in [2.05, 4.69) is 4.98 Å². The smallest absolute Gasteiger partial charge is 1.00 e. The summed E-state index contributed by atoms with van der Waals surface area (Å²) >= 11 is 0.956. The van der Waals surface area contributed by atoms with Gasteiger partial charge in [0, 0.05) is 17.0 Å². The molecule has 1 amide bonds. The van der Waals surface area contributed by atoms with Crippen LogP contribution in [0, 0.1) is 11.6 Å². The third-order valence-electron chi connectivity index (χ3n) is 6.17. The molecule has 42 heavy (non-hydrogen) atoms. The summed E-state index contributed by atoms with van der Waals surface area (Å²) in [5.74, 6) is -3.38. The SMILES string of the molecule is O=C(CSC1c2ccccc2COc2ccc(/C=C/c3ccc4cc(F)c(F)cc4n3)cc21)NS(=O)(=O)C(F)(F)F.[H-].[Na+]. The quantitative estimate of drug-likeness (QED) is 0.260. The number of aromatic nitrogens is 1. The number of hydrogen-bond donors (Lipinski definition) is 1. The predicted molar refractivity (Wildman–Crippen MR) is 146 cm³/mol. The number of halogens is 5. The van der Waals surface area contributed by atoms with Crippen LogP contribution in [0.15, 0.2) is 66.7 Å². The first-order valence-electron chi connectivity index (χ1n) is 11.9. The minimum atomic E-state index is -5.83. The number of benzene rings is 3. The third kappa shape index (κ3) is 6.97. The Morgan fingerprint density at radius 1 is 1.02 bits per heavy atom. The van der Waals surface area contributed by atoms with E-state index in [9.17, 15) is 35.2 Å². The molecule has 1 aliphatic heterocycles. The van der Waals surface area contributed by atoms with Gasteiger partial charge in [-0.05, 0) is 47.0 Å². The molecule has 3 aromatic carbocycles. The van der Waals surface area contributed by atoms with Gasteiger partial charge in [-0.15, -0.1) is 11.8 Å². The molecule has 1 aliphatic rings. The van der Waals surface area contributed by atoms with Crippen LogP contribution in [0.25, 0.3) is 23.1 Å². The topological polar surface area (TPSA) is 85.4 Å². The monoisotopic (exact) mass is 630 g/mol. The Bertz CT molecular complexity index is 1810. The van der Waals surface area contributed by atoms with Crippen LogP contribution in [0.1, 0.15) is 34.6 Å². The average molecular weight is 631 g/mol. The standard InChI is InChI=1S/C28H19F5N2O4S2.Na.H/c29-22-12-17-7-9-19(34-24(17)13-23(22)30)8-5-16-6-10-25-21(11-16)27(20-4-2-1-3-18(20)14-39-25)40-15-26(36)35-41(37,38)28(31,32)33;;/h1-13,27H,14-15H2,(H,35,36);;/q;+1;-1/b8-5+;;. The van der Waals surface area contributed by atoms with Gasteiger partial charge >= 0.3 is 45.1 Å². The van der Waals surface area contributed by atoms with Gasteiger partial charge in [0.2, 0.25) is 5.91 Å². The minimum Gasteiger partial charge on any atom is -1.00 e. The fourth-order valence-corrected chi connectivity index (χ4v) is 5.98. The average Bonchev–Trinajstić information content (AvgIpc) is 3.07. The molecule has 1 unspecified atom stereocenters. The first kappa shape index (κ1) is 32.0. The van der Waals surface area contributed by atoms with E-state index >= 15 is 0 Å². The molecular weight excluding hydrogens is 610 g/mol. The molecular formula is C28H20F5N2NaO4S2. The first-order valence-corrected chi connectivity index (χ1v) is 14.5. The molecule has 14 heteroatoms. The van der Waals surface area contributed by atoms with Gasteiger partial charge in [-0.2, -0.15) is 21.6 Å². The van der Waals surface area contributed by atoms with Gasteiger partial charge in [0.15, 0.2) is 11.6 Å². The Morgan fingerprint density at radius 3 is 2.52 bits per heavy atom. The van der Waals surface area contributed by atoms with Gasteiger partial charge in [-0.1, -0.05) is 42.5 Å². The number of ether oxygens (including phenoxy) is 1. The molecule has 4 aromatic rings. The summed E-state index contributed by atoms with van der Waals surface area (Å²) in [5.41, 5.74) is -1.99. The van der Waals surface area contributed by atoms with Crippen LogP contribution in [0.5, 0.6) is 5.75 Å². The molecule has 0 bridgehead atoms. The molecule has 1 atom stereocenters. The van der Waals surface area contributed by atoms with Crippen molar-refractivity contribution in [2.75, 3.05) is 5.75 Å². The third-order valence-corrected chi connectivity index (χ3v) is 8.55. The number of alkyl halides is 3. The molecule has 6 nitrogen and oxygen atoms in total. The molecule has 0 fully saturated rings. The summed E-state index contributed by atoms with van der Waals surface area (Å²) in [7, 11) is -5.83. The number of amides is 1. The zero-order chi connectivity index (χ0) is 29.4. The van der Waals surface area contributed by atoms with Gasteiger partial charge < -0.3 is 6.16 Å². The first-order chi connectivity index (χ1) is 19.4. The van der Waals surface area contributed by atoms with Crippen LogP contribution in [-0.2, 0) is 21.4 Å². The van der Waals surface area contributed by atoms with Crippen molar-refractivity contribution < 1.29 is 70.9 Å². The van der Waals surface area contributed by atoms with E-state index in [-0.39, 0.29) is 43.1 Å². The Labute approximate surface area is 265 Å². The van der Waals surface area contributed by atoms with Crippen molar-refractivity contribution in [3.8, 4) is 5.75 Å². The maximum atomic E-state index is 13.7. The van der Waals surface area contributed by atoms with Crippen LogP contribution in [0.2, 0.25) is 0 Å². The predicted octanol–water partition coefficient (Wildman–Crippen LogP) is 3.48. The second-order valence-electron chi connectivity index (χ2n) is 8.98. The molecule has 0 saturated heterocycles. The fourth-order valence-electron chi connectivity index (χ4n) is 4.24. The number of carbonyl (C=O) groups is 1. The van der Waals surface area contributed by atoms with Crippen LogP contribution in [0.4, 0.5) is 22.0 Å². The molecule has 1 aromatic heterocycles. The summed E-state index contributed by atoms with van der Waals surface area (Å²) in [6, 6.07) is 17.8. The van der Waals surface area contributed by atoms with Gasteiger partial charge in [-0.25, -0.2) is 18.5 Å². The van der Waals surface area contributed by atoms with E-state index in [4.69, 9.17) is 4.74 Å². The van der Waals surface area contributed by atoms with E-state index in [1.165, 1.54) is 0 Å². The van der Waals surface area contributed by atoms with E-state index < -0.39 is 44.1 Å². The number of fused-ring (bicyclic) bond motifs is 3. The maximum absolute atomic E-state index is 13.7. The van der Waals surface area contributed by atoms with Crippen molar-refractivity contribution in [3.63, 3.8) is 0 Å². The van der Waals surface area contributed by atoms with Gasteiger partial charge in [-0.3, -0.25) is 4.79 Å². The van der Waals surface area contributed by atoms with Gasteiger partial charge in [0.1, 0.15) is 12.4 Å². The van der Waals surface area contributed by atoms with Crippen molar-refractivity contribution in [1.29, 1.82) is 0 Å². The molecule has 0 radical (unpaired) electrons. The number of pyridine rings is 1. The van der Waals surface area contributed by atoms with Crippen molar-refractivity contribution in [2.45, 2.75) is 17.4 Å². The van der Waals surface area contributed by atoms with Crippen molar-refractivity contribution in [1.82, 2.24) is 9.71 Å². The van der Waals surface area contributed by atoms with Gasteiger partial charge in [0.05, 0.1) is 22.2 Å². The molecule has 214 valence electrons. The van der Waals surface area contributed by atoms with Crippen LogP contribution in [-0.4, -0.2) is 30.6 Å². The molecule has 1 N–H and O–H groups in total. The van der Waals surface area contributed by atoms with E-state index in [0.717, 1.165) is 39.7 Å². The summed E-state index contributed by atoms with van der Waals surface area (Å²) in [6.07, 6.45) is 3.40. The van der Waals surface area contributed by atoms with Crippen molar-refractivity contribution in [3.05, 3.63) is 106 Å². The van der Waals surface area contributed by atoms with Crippen LogP contribution >= 0.6 is 11.8 Å². The number of hydrogen-bond acceptors (Lipinski definition) is 6. The summed E-state index contributed by atoms with van der Waals surface area (Å²) in [6.45, 7) is 0.211.